The highest BCUT2D eigenvalue weighted by molar-refractivity contribution is 7.15. The highest BCUT2D eigenvalue weighted by Crippen LogP contribution is 2.30. The largest absolute Gasteiger partial charge is 0.298 e. The summed E-state index contributed by atoms with van der Waals surface area (Å²) in [6, 6.07) is 9.77. The van der Waals surface area contributed by atoms with Gasteiger partial charge in [0.15, 0.2) is 5.13 Å². The molecule has 0 bridgehead atoms. The van der Waals surface area contributed by atoms with Gasteiger partial charge in [0.25, 0.3) is 0 Å². The van der Waals surface area contributed by atoms with Crippen LogP contribution >= 0.6 is 11.3 Å². The topological polar surface area (TPSA) is 42.0 Å². The summed E-state index contributed by atoms with van der Waals surface area (Å²) in [7, 11) is 0. The number of hydrogen-bond donors (Lipinski definition) is 1. The Morgan fingerprint density at radius 2 is 2.11 bits per heavy atom. The maximum atomic E-state index is 11.8. The third-order valence-corrected chi connectivity index (χ3v) is 4.13. The van der Waals surface area contributed by atoms with Gasteiger partial charge >= 0.3 is 0 Å². The first-order valence-electron chi connectivity index (χ1n) is 6.34. The van der Waals surface area contributed by atoms with E-state index in [4.69, 9.17) is 0 Å². The van der Waals surface area contributed by atoms with Crippen LogP contribution in [-0.2, 0) is 17.6 Å². The molecule has 1 heterocycles. The summed E-state index contributed by atoms with van der Waals surface area (Å²) in [5.41, 5.74) is 2.17. The lowest BCUT2D eigenvalue weighted by Crippen LogP contribution is -2.07. The Bertz CT molecular complexity index is 595. The van der Waals surface area contributed by atoms with E-state index < -0.39 is 0 Å². The van der Waals surface area contributed by atoms with E-state index in [0.29, 0.717) is 5.13 Å². The second kappa shape index (κ2) is 5.36. The third-order valence-electron chi connectivity index (χ3n) is 3.05. The number of rotatable bonds is 3. The van der Waals surface area contributed by atoms with Gasteiger partial charge in [0, 0.05) is 11.0 Å². The van der Waals surface area contributed by atoms with Crippen LogP contribution in [0.25, 0.3) is 6.08 Å². The average Bonchev–Trinajstić information content (AvgIpc) is 2.98. The van der Waals surface area contributed by atoms with E-state index in [-0.39, 0.29) is 5.91 Å². The summed E-state index contributed by atoms with van der Waals surface area (Å²) in [5.74, 6) is -0.128. The van der Waals surface area contributed by atoms with Gasteiger partial charge in [0.1, 0.15) is 0 Å². The van der Waals surface area contributed by atoms with Crippen molar-refractivity contribution in [3.05, 3.63) is 52.5 Å². The number of nitrogens with zero attached hydrogens (tertiary/aromatic N) is 1. The van der Waals surface area contributed by atoms with Crippen LogP contribution in [0.5, 0.6) is 0 Å². The number of aryl methyl sites for hydroxylation is 2. The summed E-state index contributed by atoms with van der Waals surface area (Å²) < 4.78 is 0. The van der Waals surface area contributed by atoms with Crippen molar-refractivity contribution in [2.24, 2.45) is 0 Å². The molecule has 0 unspecified atom stereocenters. The smallest absolute Gasteiger partial charge is 0.250 e. The number of anilines is 1. The minimum atomic E-state index is -0.128. The minimum Gasteiger partial charge on any atom is -0.298 e. The second-order valence-electron chi connectivity index (χ2n) is 4.48. The van der Waals surface area contributed by atoms with Gasteiger partial charge in [-0.1, -0.05) is 30.3 Å². The Balaban J connectivity index is 1.63. The molecule has 3 nitrogen and oxygen atoms in total. The number of benzene rings is 1. The molecule has 1 aliphatic carbocycles. The van der Waals surface area contributed by atoms with Crippen LogP contribution in [0.4, 0.5) is 5.13 Å². The molecule has 0 radical (unpaired) electrons. The van der Waals surface area contributed by atoms with Gasteiger partial charge < -0.3 is 0 Å². The van der Waals surface area contributed by atoms with E-state index in [1.165, 1.54) is 11.3 Å². The molecule has 3 rings (SSSR count). The first-order valence-corrected chi connectivity index (χ1v) is 7.15. The fraction of sp³-hybridized carbons (Fsp3) is 0.200. The molecule has 4 heteroatoms. The van der Waals surface area contributed by atoms with Gasteiger partial charge in [0.2, 0.25) is 5.91 Å². The molecule has 1 aromatic heterocycles. The SMILES string of the molecule is O=C(/C=C/c1ccccc1)Nc1nc2c(s1)CCC2. The van der Waals surface area contributed by atoms with E-state index >= 15 is 0 Å². The van der Waals surface area contributed by atoms with Crippen molar-refractivity contribution in [2.45, 2.75) is 19.3 Å². The molecule has 1 amide bonds. The van der Waals surface area contributed by atoms with E-state index in [1.807, 2.05) is 30.3 Å². The van der Waals surface area contributed by atoms with Crippen LogP contribution in [0.2, 0.25) is 0 Å². The Kier molecular flexibility index (Phi) is 3.42. The quantitative estimate of drug-likeness (QED) is 0.870. The van der Waals surface area contributed by atoms with Crippen LogP contribution in [-0.4, -0.2) is 10.9 Å². The first kappa shape index (κ1) is 12.1. The molecular weight excluding hydrogens is 256 g/mol. The molecule has 0 aliphatic heterocycles. The Hall–Kier alpha value is -1.94. The molecule has 0 saturated heterocycles. The summed E-state index contributed by atoms with van der Waals surface area (Å²) in [5, 5.41) is 3.54. The lowest BCUT2D eigenvalue weighted by atomic mass is 10.2. The van der Waals surface area contributed by atoms with E-state index in [1.54, 1.807) is 23.5 Å². The Labute approximate surface area is 116 Å². The van der Waals surface area contributed by atoms with Crippen molar-refractivity contribution in [3.63, 3.8) is 0 Å². The normalized spacial score (nSPS) is 13.7. The average molecular weight is 270 g/mol. The zero-order valence-electron chi connectivity index (χ0n) is 10.4. The Morgan fingerprint density at radius 3 is 2.89 bits per heavy atom. The second-order valence-corrected chi connectivity index (χ2v) is 5.56. The third kappa shape index (κ3) is 2.90. The molecule has 0 spiro atoms. The molecule has 96 valence electrons. The van der Waals surface area contributed by atoms with E-state index in [9.17, 15) is 4.79 Å². The molecule has 1 aromatic carbocycles. The molecule has 0 atom stereocenters. The van der Waals surface area contributed by atoms with Gasteiger partial charge in [-0.2, -0.15) is 0 Å². The lowest BCUT2D eigenvalue weighted by Gasteiger charge is -1.96. The monoisotopic (exact) mass is 270 g/mol. The van der Waals surface area contributed by atoms with Gasteiger partial charge in [-0.15, -0.1) is 11.3 Å². The lowest BCUT2D eigenvalue weighted by molar-refractivity contribution is -0.111. The molecule has 0 fully saturated rings. The van der Waals surface area contributed by atoms with E-state index in [0.717, 1.165) is 24.1 Å². The predicted octanol–water partition coefficient (Wildman–Crippen LogP) is 3.28. The van der Waals surface area contributed by atoms with Crippen molar-refractivity contribution >= 4 is 28.5 Å². The number of amides is 1. The number of fused-ring (bicyclic) bond motifs is 1. The van der Waals surface area contributed by atoms with Gasteiger partial charge in [-0.05, 0) is 30.9 Å². The molecule has 0 saturated carbocycles. The minimum absolute atomic E-state index is 0.128. The molecule has 1 N–H and O–H groups in total. The van der Waals surface area contributed by atoms with Gasteiger partial charge in [-0.3, -0.25) is 10.1 Å². The fourth-order valence-corrected chi connectivity index (χ4v) is 3.18. The van der Waals surface area contributed by atoms with Gasteiger partial charge in [-0.25, -0.2) is 4.98 Å². The van der Waals surface area contributed by atoms with E-state index in [2.05, 4.69) is 10.3 Å². The number of hydrogen-bond acceptors (Lipinski definition) is 3. The van der Waals surface area contributed by atoms with Crippen LogP contribution in [0.1, 0.15) is 22.6 Å². The number of carbonyl (C=O) groups excluding carboxylic acids is 1. The first-order chi connectivity index (χ1) is 9.31. The van der Waals surface area contributed by atoms with Crippen molar-refractivity contribution < 1.29 is 4.79 Å². The number of aromatic nitrogens is 1. The maximum Gasteiger partial charge on any atom is 0.250 e. The van der Waals surface area contributed by atoms with Crippen LogP contribution in [0, 0.1) is 0 Å². The zero-order valence-corrected chi connectivity index (χ0v) is 11.2. The maximum absolute atomic E-state index is 11.8. The number of carbonyl (C=O) groups is 1. The van der Waals surface area contributed by atoms with Gasteiger partial charge in [0.05, 0.1) is 5.69 Å². The molecule has 2 aromatic rings. The predicted molar refractivity (Wildman–Crippen MR) is 78.2 cm³/mol. The number of thiazole rings is 1. The summed E-state index contributed by atoms with van der Waals surface area (Å²) in [6.45, 7) is 0. The van der Waals surface area contributed by atoms with Crippen molar-refractivity contribution in [1.82, 2.24) is 4.98 Å². The number of nitrogens with one attached hydrogen (secondary N) is 1. The summed E-state index contributed by atoms with van der Waals surface area (Å²) in [4.78, 5) is 17.5. The van der Waals surface area contributed by atoms with Crippen LogP contribution in [0.15, 0.2) is 36.4 Å². The van der Waals surface area contributed by atoms with Crippen molar-refractivity contribution in [3.8, 4) is 0 Å². The highest BCUT2D eigenvalue weighted by atomic mass is 32.1. The van der Waals surface area contributed by atoms with Crippen molar-refractivity contribution in [2.75, 3.05) is 5.32 Å². The zero-order chi connectivity index (χ0) is 13.1. The molecular formula is C15H14N2OS. The summed E-state index contributed by atoms with van der Waals surface area (Å²) >= 11 is 1.60. The molecule has 1 aliphatic rings. The molecule has 19 heavy (non-hydrogen) atoms. The van der Waals surface area contributed by atoms with Crippen molar-refractivity contribution in [1.29, 1.82) is 0 Å². The van der Waals surface area contributed by atoms with Crippen LogP contribution in [0.3, 0.4) is 0 Å². The summed E-state index contributed by atoms with van der Waals surface area (Å²) in [6.07, 6.45) is 6.68. The fourth-order valence-electron chi connectivity index (χ4n) is 2.13. The standard InChI is InChI=1S/C15H14N2OS/c18-14(10-9-11-5-2-1-3-6-11)17-15-16-12-7-4-8-13(12)19-15/h1-3,5-6,9-10H,4,7-8H2,(H,16,17,18)/b10-9+. The Morgan fingerprint density at radius 1 is 1.26 bits per heavy atom. The van der Waals surface area contributed by atoms with Crippen LogP contribution < -0.4 is 5.32 Å². The highest BCUT2D eigenvalue weighted by Gasteiger charge is 2.17.